The van der Waals surface area contributed by atoms with Crippen LogP contribution in [0.15, 0.2) is 96.6 Å². The second kappa shape index (κ2) is 26.3. The first-order chi connectivity index (χ1) is 42.3. The fourth-order valence-electron chi connectivity index (χ4n) is 14.1. The molecule has 0 heterocycles. The van der Waals surface area contributed by atoms with E-state index >= 15 is 0 Å². The molecule has 31 heteroatoms. The zero-order valence-electron chi connectivity index (χ0n) is 49.6. The molecule has 6 atom stereocenters. The Kier molecular flexibility index (Phi) is 21.4. The number of benzene rings is 4. The second-order valence-electron chi connectivity index (χ2n) is 24.2. The van der Waals surface area contributed by atoms with Crippen LogP contribution in [0.4, 0.5) is 105 Å². The van der Waals surface area contributed by atoms with E-state index in [-0.39, 0.29) is 35.7 Å². The number of carbonyl (C=O) groups is 3. The summed E-state index contributed by atoms with van der Waals surface area (Å²) in [5, 5.41) is 20.5. The molecule has 6 nitrogen and oxygen atoms in total. The highest BCUT2D eigenvalue weighted by Crippen LogP contribution is 2.66. The van der Waals surface area contributed by atoms with Crippen molar-refractivity contribution in [2.24, 2.45) is 28.6 Å². The number of hydrogen-bond acceptors (Lipinski definition) is 5. The van der Waals surface area contributed by atoms with Crippen molar-refractivity contribution in [2.45, 2.75) is 141 Å². The molecule has 514 valence electrons. The van der Waals surface area contributed by atoms with Gasteiger partial charge in [0.2, 0.25) is 0 Å². The van der Waals surface area contributed by atoms with Gasteiger partial charge in [0.15, 0.2) is 11.6 Å². The lowest BCUT2D eigenvalue weighted by atomic mass is 9.12. The van der Waals surface area contributed by atoms with E-state index in [0.717, 1.165) is 18.4 Å². The Hall–Kier alpha value is -6.37. The standard InChI is InChI=1S/C32H12BF24.C21H26O5.C9H21N/c34-25(35,36)13-1-14(26(37,38)39)6-21(5-13)33(22-7-15(27(40,41)42)2-16(8-22)28(43,44)45,23-9-17(29(46,47)48)3-18(10-23)30(49,50)51)24-11-19(31(52,53)54)4-20(12-24)32(55,56)57;1-19-7-5-13(23)9-12(19)3-4-14-15-6-8-21(26,17(25)11-22)20(15,2)10-16(24)18(14)19;1-4-7-10(8-5-2)9-6-3/h1-12H;5,7,9,14-15,18,22,26H,3-4,6,8,10-11H2,1-2H3;4-9H2,1-3H3/q-1;;/p+1/t;14-,15-,18+,19-,20-,21-;/m.0./s1. The summed E-state index contributed by atoms with van der Waals surface area (Å²) in [7, 11) is 0. The van der Waals surface area contributed by atoms with Crippen LogP contribution in [-0.4, -0.2) is 65.6 Å². The Morgan fingerprint density at radius 1 is 0.505 bits per heavy atom. The van der Waals surface area contributed by atoms with E-state index in [9.17, 15) is 130 Å². The van der Waals surface area contributed by atoms with Crippen molar-refractivity contribution in [2.75, 3.05) is 26.2 Å². The zero-order valence-corrected chi connectivity index (χ0v) is 49.6. The minimum absolute atomic E-state index is 0.0206. The SMILES string of the molecule is CCC[NH+](CCC)CCC.C[C@]12C=CC(=O)C=C1CC[C@@H]1[C@@H]2C(=O)C[C@@]2(C)[C@H]1CC[C@]2(O)C(=O)CO.FC(F)(F)c1cc([B-](c2cc(C(F)(F)F)cc(C(F)(F)F)c2)(c2cc(C(F)(F)F)cc(C(F)(F)F)c2)c2cc(C(F)(F)F)cc(C(F)(F)F)c2)cc(C(F)(F)F)c1. The highest BCUT2D eigenvalue weighted by molar-refractivity contribution is 7.20. The first kappa shape index (κ1) is 75.7. The van der Waals surface area contributed by atoms with Gasteiger partial charge in [-0.1, -0.05) is 94.8 Å². The second-order valence-corrected chi connectivity index (χ2v) is 24.2. The lowest BCUT2D eigenvalue weighted by Gasteiger charge is -2.56. The molecule has 0 saturated heterocycles. The molecule has 0 aliphatic heterocycles. The first-order valence-electron chi connectivity index (χ1n) is 28.8. The number of aliphatic hydroxyl groups excluding tert-OH is 1. The molecule has 0 spiro atoms. The summed E-state index contributed by atoms with van der Waals surface area (Å²) in [4.78, 5) is 39.2. The average molecular weight is 1370 g/mol. The molecular formula is C62H60BF24NO5. The van der Waals surface area contributed by atoms with Gasteiger partial charge in [-0.2, -0.15) is 127 Å². The number of ketones is 3. The van der Waals surface area contributed by atoms with Gasteiger partial charge in [0.1, 0.15) is 24.1 Å². The molecule has 0 bridgehead atoms. The number of hydrogen-bond donors (Lipinski definition) is 3. The number of fused-ring (bicyclic) bond motifs is 5. The van der Waals surface area contributed by atoms with Gasteiger partial charge in [0.05, 0.1) is 64.1 Å². The summed E-state index contributed by atoms with van der Waals surface area (Å²) >= 11 is 0. The molecular weight excluding hydrogens is 1310 g/mol. The van der Waals surface area contributed by atoms with E-state index in [1.165, 1.54) is 38.9 Å². The molecule has 4 aromatic rings. The number of aliphatic hydroxyl groups is 2. The molecule has 4 aromatic carbocycles. The normalized spacial score (nSPS) is 23.1. The zero-order chi connectivity index (χ0) is 70.6. The quantitative estimate of drug-likeness (QED) is 0.0970. The summed E-state index contributed by atoms with van der Waals surface area (Å²) in [6, 6.07) is -8.81. The lowest BCUT2D eigenvalue weighted by molar-refractivity contribution is -0.900. The van der Waals surface area contributed by atoms with Crippen molar-refractivity contribution in [3.63, 3.8) is 0 Å². The number of halogens is 24. The highest BCUT2D eigenvalue weighted by atomic mass is 19.4. The van der Waals surface area contributed by atoms with Crippen molar-refractivity contribution in [1.29, 1.82) is 0 Å². The van der Waals surface area contributed by atoms with Crippen LogP contribution in [0.5, 0.6) is 0 Å². The molecule has 0 aromatic heterocycles. The number of rotatable bonds is 12. The average Bonchev–Trinajstić information content (AvgIpc) is 1.70. The fourth-order valence-corrected chi connectivity index (χ4v) is 14.1. The number of allylic oxidation sites excluding steroid dienone is 4. The van der Waals surface area contributed by atoms with E-state index in [4.69, 9.17) is 0 Å². The van der Waals surface area contributed by atoms with E-state index in [1.54, 1.807) is 17.1 Å². The maximum atomic E-state index is 14.2. The topological polar surface area (TPSA) is 96.1 Å². The Morgan fingerprint density at radius 3 is 1.08 bits per heavy atom. The monoisotopic (exact) mass is 1370 g/mol. The maximum absolute atomic E-state index is 14.2. The maximum Gasteiger partial charge on any atom is 0.416 e. The number of Topliss-reactive ketones (excluding diaryl/α,β-unsaturated/α-hetero) is 2. The summed E-state index contributed by atoms with van der Waals surface area (Å²) in [5.41, 5.74) is -32.1. The first-order valence-corrected chi connectivity index (χ1v) is 28.8. The van der Waals surface area contributed by atoms with Crippen LogP contribution < -0.4 is 26.8 Å². The third-order valence-electron chi connectivity index (χ3n) is 18.3. The van der Waals surface area contributed by atoms with Gasteiger partial charge in [0.25, 0.3) is 0 Å². The van der Waals surface area contributed by atoms with Gasteiger partial charge in [-0.05, 0) is 93.2 Å². The largest absolute Gasteiger partial charge is 0.416 e. The highest BCUT2D eigenvalue weighted by Gasteiger charge is 2.68. The van der Waals surface area contributed by atoms with Crippen molar-refractivity contribution in [1.82, 2.24) is 0 Å². The fraction of sp³-hybridized carbons (Fsp3) is 0.500. The minimum Gasteiger partial charge on any atom is -0.388 e. The molecule has 3 saturated carbocycles. The number of alkyl halides is 24. The minimum atomic E-state index is -6.13. The molecule has 4 aliphatic rings. The van der Waals surface area contributed by atoms with Crippen LogP contribution in [-0.2, 0) is 63.8 Å². The number of carbonyl (C=O) groups excluding carboxylic acids is 3. The molecule has 8 rings (SSSR count). The van der Waals surface area contributed by atoms with Crippen LogP contribution in [0.2, 0.25) is 0 Å². The number of quaternary nitrogens is 1. The van der Waals surface area contributed by atoms with E-state index in [2.05, 4.69) is 20.8 Å². The summed E-state index contributed by atoms with van der Waals surface area (Å²) in [6.45, 7) is 14.1. The third kappa shape index (κ3) is 15.7. The van der Waals surface area contributed by atoms with Gasteiger partial charge < -0.3 is 15.1 Å². The number of nitrogens with one attached hydrogen (secondary N) is 1. The Labute approximate surface area is 516 Å². The molecule has 3 fully saturated rings. The van der Waals surface area contributed by atoms with Crippen molar-refractivity contribution in [3.05, 3.63) is 141 Å². The predicted molar refractivity (Wildman–Crippen MR) is 291 cm³/mol. The summed E-state index contributed by atoms with van der Waals surface area (Å²) in [6.07, 6.45) is -43.0. The Balaban J connectivity index is 0.000000309. The molecule has 93 heavy (non-hydrogen) atoms. The van der Waals surface area contributed by atoms with Crippen LogP contribution in [0.3, 0.4) is 0 Å². The van der Waals surface area contributed by atoms with E-state index in [1.807, 2.05) is 19.9 Å². The molecule has 3 N–H and O–H groups in total. The summed E-state index contributed by atoms with van der Waals surface area (Å²) in [5.74, 6) is -0.590. The smallest absolute Gasteiger partial charge is 0.388 e. The summed E-state index contributed by atoms with van der Waals surface area (Å²) < 4.78 is 341. The van der Waals surface area contributed by atoms with Crippen molar-refractivity contribution in [3.8, 4) is 0 Å². The van der Waals surface area contributed by atoms with Crippen LogP contribution in [0, 0.1) is 28.6 Å². The predicted octanol–water partition coefficient (Wildman–Crippen LogP) is 14.1. The Bertz CT molecular complexity index is 3030. The lowest BCUT2D eigenvalue weighted by Crippen LogP contribution is -3.11. The van der Waals surface area contributed by atoms with Crippen molar-refractivity contribution >= 4 is 45.3 Å². The molecule has 0 amide bonds. The van der Waals surface area contributed by atoms with E-state index < -0.39 is 224 Å². The van der Waals surface area contributed by atoms with Gasteiger partial charge in [-0.3, -0.25) is 14.4 Å². The van der Waals surface area contributed by atoms with Crippen LogP contribution >= 0.6 is 0 Å². The van der Waals surface area contributed by atoms with Gasteiger partial charge in [0, 0.05) is 23.2 Å². The van der Waals surface area contributed by atoms with Crippen LogP contribution in [0.25, 0.3) is 0 Å². The van der Waals surface area contributed by atoms with Crippen LogP contribution in [0.1, 0.15) is 130 Å². The van der Waals surface area contributed by atoms with Gasteiger partial charge in [-0.25, -0.2) is 0 Å². The van der Waals surface area contributed by atoms with E-state index in [0.29, 0.717) is 12.8 Å². The third-order valence-corrected chi connectivity index (χ3v) is 18.3. The molecule has 0 radical (unpaired) electrons. The van der Waals surface area contributed by atoms with Gasteiger partial charge in [-0.15, -0.1) is 0 Å². The van der Waals surface area contributed by atoms with Crippen molar-refractivity contribution < 1.29 is 135 Å². The molecule has 0 unspecified atom stereocenters. The van der Waals surface area contributed by atoms with Gasteiger partial charge >= 0.3 is 49.4 Å². The molecule has 4 aliphatic carbocycles. The Morgan fingerprint density at radius 2 is 0.806 bits per heavy atom.